The molecular weight excluding hydrogens is 162 g/mol. The lowest BCUT2D eigenvalue weighted by molar-refractivity contribution is 0.0400. The van der Waals surface area contributed by atoms with Gasteiger partial charge in [0.25, 0.3) is 0 Å². The number of hydrogen-bond acceptors (Lipinski definition) is 2. The monoisotopic (exact) mass is 179 g/mol. The Hall–Kier alpha value is -0.860. The molecule has 1 aromatic carbocycles. The van der Waals surface area contributed by atoms with Crippen molar-refractivity contribution in [1.82, 2.24) is 5.32 Å². The number of nitrogens with one attached hydrogen (secondary N) is 1. The summed E-state index contributed by atoms with van der Waals surface area (Å²) in [5.41, 5.74) is 0.369. The van der Waals surface area contributed by atoms with Crippen LogP contribution in [0, 0.1) is 0 Å². The van der Waals surface area contributed by atoms with E-state index in [0.29, 0.717) is 0 Å². The smallest absolute Gasteiger partial charge is 0.0785 e. The van der Waals surface area contributed by atoms with Crippen molar-refractivity contribution in [2.24, 2.45) is 0 Å². The predicted molar refractivity (Wildman–Crippen MR) is 54.5 cm³/mol. The van der Waals surface area contributed by atoms with Crippen LogP contribution in [0.1, 0.15) is 25.5 Å². The van der Waals surface area contributed by atoms with E-state index in [9.17, 15) is 5.11 Å². The fourth-order valence-electron chi connectivity index (χ4n) is 1.57. The first kappa shape index (κ1) is 10.2. The van der Waals surface area contributed by atoms with Crippen LogP contribution < -0.4 is 5.32 Å². The average Bonchev–Trinajstić information content (AvgIpc) is 2.05. The Bertz CT molecular complexity index is 251. The summed E-state index contributed by atoms with van der Waals surface area (Å²) in [6.07, 6.45) is 0. The van der Waals surface area contributed by atoms with Gasteiger partial charge in [0, 0.05) is 0 Å². The first-order valence-corrected chi connectivity index (χ1v) is 4.50. The molecule has 0 bridgehead atoms. The summed E-state index contributed by atoms with van der Waals surface area (Å²) in [7, 11) is 1.86. The zero-order valence-corrected chi connectivity index (χ0v) is 8.41. The van der Waals surface area contributed by atoms with E-state index >= 15 is 0 Å². The molecule has 13 heavy (non-hydrogen) atoms. The zero-order chi connectivity index (χ0) is 9.90. The van der Waals surface area contributed by atoms with Gasteiger partial charge in [-0.1, -0.05) is 30.3 Å². The van der Waals surface area contributed by atoms with E-state index in [1.807, 2.05) is 37.4 Å². The number of hydrogen-bond donors (Lipinski definition) is 2. The molecule has 0 saturated carbocycles. The molecule has 2 heteroatoms. The standard InChI is InChI=1S/C11H17NO/c1-11(2,13)10(12-3)9-7-5-4-6-8-9/h4-8,10,12-13H,1-3H3/t10-/m0/s1. The lowest BCUT2D eigenvalue weighted by Gasteiger charge is -2.29. The minimum absolute atomic E-state index is 0.0197. The molecule has 0 radical (unpaired) electrons. The number of rotatable bonds is 3. The van der Waals surface area contributed by atoms with Crippen LogP contribution in [0.4, 0.5) is 0 Å². The average molecular weight is 179 g/mol. The molecule has 1 rings (SSSR count). The molecule has 0 aliphatic rings. The minimum Gasteiger partial charge on any atom is -0.388 e. The fourth-order valence-corrected chi connectivity index (χ4v) is 1.57. The van der Waals surface area contributed by atoms with E-state index in [0.717, 1.165) is 5.56 Å². The number of aliphatic hydroxyl groups is 1. The molecule has 0 spiro atoms. The van der Waals surface area contributed by atoms with Crippen LogP contribution in [0.25, 0.3) is 0 Å². The van der Waals surface area contributed by atoms with Gasteiger partial charge in [-0.2, -0.15) is 0 Å². The third kappa shape index (κ3) is 2.54. The number of benzene rings is 1. The Kier molecular flexibility index (Phi) is 3.07. The molecule has 2 N–H and O–H groups in total. The summed E-state index contributed by atoms with van der Waals surface area (Å²) in [6.45, 7) is 3.61. The van der Waals surface area contributed by atoms with Crippen LogP contribution in [-0.2, 0) is 0 Å². The van der Waals surface area contributed by atoms with E-state index < -0.39 is 5.60 Å². The first-order valence-electron chi connectivity index (χ1n) is 4.50. The van der Waals surface area contributed by atoms with Crippen molar-refractivity contribution in [3.05, 3.63) is 35.9 Å². The van der Waals surface area contributed by atoms with Crippen molar-refractivity contribution in [1.29, 1.82) is 0 Å². The van der Waals surface area contributed by atoms with E-state index in [-0.39, 0.29) is 6.04 Å². The summed E-state index contributed by atoms with van der Waals surface area (Å²) in [6, 6.07) is 9.93. The Labute approximate surface area is 79.6 Å². The molecule has 1 atom stereocenters. The lowest BCUT2D eigenvalue weighted by atomic mass is 9.92. The van der Waals surface area contributed by atoms with E-state index in [4.69, 9.17) is 0 Å². The summed E-state index contributed by atoms with van der Waals surface area (Å²) >= 11 is 0. The Morgan fingerprint density at radius 1 is 1.23 bits per heavy atom. The van der Waals surface area contributed by atoms with Gasteiger partial charge >= 0.3 is 0 Å². The van der Waals surface area contributed by atoms with Gasteiger partial charge in [0.15, 0.2) is 0 Å². The van der Waals surface area contributed by atoms with Crippen LogP contribution >= 0.6 is 0 Å². The summed E-state index contributed by atoms with van der Waals surface area (Å²) in [5.74, 6) is 0. The van der Waals surface area contributed by atoms with Gasteiger partial charge < -0.3 is 10.4 Å². The number of likely N-dealkylation sites (N-methyl/N-ethyl adjacent to an activating group) is 1. The molecule has 1 aromatic rings. The van der Waals surface area contributed by atoms with Gasteiger partial charge in [-0.25, -0.2) is 0 Å². The van der Waals surface area contributed by atoms with E-state index in [1.54, 1.807) is 13.8 Å². The lowest BCUT2D eigenvalue weighted by Crippen LogP contribution is -2.37. The second-order valence-corrected chi connectivity index (χ2v) is 3.79. The Morgan fingerprint density at radius 2 is 1.77 bits per heavy atom. The molecular formula is C11H17NO. The van der Waals surface area contributed by atoms with Crippen molar-refractivity contribution in [2.45, 2.75) is 25.5 Å². The molecule has 0 aliphatic carbocycles. The fraction of sp³-hybridized carbons (Fsp3) is 0.455. The van der Waals surface area contributed by atoms with E-state index in [2.05, 4.69) is 5.32 Å². The Balaban J connectivity index is 2.92. The topological polar surface area (TPSA) is 32.3 Å². The normalized spacial score (nSPS) is 14.2. The maximum atomic E-state index is 9.87. The molecule has 0 saturated heterocycles. The summed E-state index contributed by atoms with van der Waals surface area (Å²) < 4.78 is 0. The van der Waals surface area contributed by atoms with Crippen LogP contribution in [0.3, 0.4) is 0 Å². The molecule has 72 valence electrons. The van der Waals surface area contributed by atoms with Crippen LogP contribution in [-0.4, -0.2) is 17.8 Å². The van der Waals surface area contributed by atoms with Gasteiger partial charge in [0.1, 0.15) is 0 Å². The molecule has 0 fully saturated rings. The van der Waals surface area contributed by atoms with Crippen molar-refractivity contribution >= 4 is 0 Å². The van der Waals surface area contributed by atoms with Crippen molar-refractivity contribution in [2.75, 3.05) is 7.05 Å². The van der Waals surface area contributed by atoms with Crippen LogP contribution in [0.15, 0.2) is 30.3 Å². The zero-order valence-electron chi connectivity index (χ0n) is 8.41. The molecule has 0 amide bonds. The molecule has 2 nitrogen and oxygen atoms in total. The minimum atomic E-state index is -0.740. The summed E-state index contributed by atoms with van der Waals surface area (Å²) in [4.78, 5) is 0. The van der Waals surface area contributed by atoms with Gasteiger partial charge in [-0.3, -0.25) is 0 Å². The highest BCUT2D eigenvalue weighted by Gasteiger charge is 2.26. The maximum Gasteiger partial charge on any atom is 0.0785 e. The molecule has 0 heterocycles. The highest BCUT2D eigenvalue weighted by atomic mass is 16.3. The van der Waals surface area contributed by atoms with Gasteiger partial charge in [0.2, 0.25) is 0 Å². The van der Waals surface area contributed by atoms with Crippen molar-refractivity contribution in [3.8, 4) is 0 Å². The molecule has 0 aliphatic heterocycles. The van der Waals surface area contributed by atoms with Gasteiger partial charge in [-0.15, -0.1) is 0 Å². The molecule has 0 unspecified atom stereocenters. The highest BCUT2D eigenvalue weighted by Crippen LogP contribution is 2.24. The maximum absolute atomic E-state index is 9.87. The van der Waals surface area contributed by atoms with Gasteiger partial charge in [0.05, 0.1) is 11.6 Å². The second-order valence-electron chi connectivity index (χ2n) is 3.79. The molecule has 0 aromatic heterocycles. The highest BCUT2D eigenvalue weighted by molar-refractivity contribution is 5.21. The van der Waals surface area contributed by atoms with E-state index in [1.165, 1.54) is 0 Å². The van der Waals surface area contributed by atoms with Gasteiger partial charge in [-0.05, 0) is 26.5 Å². The second kappa shape index (κ2) is 3.90. The quantitative estimate of drug-likeness (QED) is 0.740. The van der Waals surface area contributed by atoms with Crippen molar-refractivity contribution in [3.63, 3.8) is 0 Å². The first-order chi connectivity index (χ1) is 6.05. The third-order valence-electron chi connectivity index (χ3n) is 2.13. The summed E-state index contributed by atoms with van der Waals surface area (Å²) in [5, 5.41) is 13.0. The SMILES string of the molecule is CN[C@@H](c1ccccc1)C(C)(C)O. The largest absolute Gasteiger partial charge is 0.388 e. The predicted octanol–water partition coefficient (Wildman–Crippen LogP) is 1.72. The van der Waals surface area contributed by atoms with Crippen LogP contribution in [0.2, 0.25) is 0 Å². The van der Waals surface area contributed by atoms with Crippen LogP contribution in [0.5, 0.6) is 0 Å². The third-order valence-corrected chi connectivity index (χ3v) is 2.13. The Morgan fingerprint density at radius 3 is 2.15 bits per heavy atom. The van der Waals surface area contributed by atoms with Crippen molar-refractivity contribution < 1.29 is 5.11 Å².